The second-order valence-electron chi connectivity index (χ2n) is 3.79. The van der Waals surface area contributed by atoms with Crippen LogP contribution in [0.1, 0.15) is 13.8 Å². The summed E-state index contributed by atoms with van der Waals surface area (Å²) in [6.07, 6.45) is -0.231. The number of benzene rings is 1. The molecule has 0 radical (unpaired) electrons. The highest BCUT2D eigenvalue weighted by atomic mass is 16.7. The molecule has 0 bridgehead atoms. The van der Waals surface area contributed by atoms with Gasteiger partial charge < -0.3 is 24.3 Å². The van der Waals surface area contributed by atoms with Crippen molar-refractivity contribution in [1.82, 2.24) is 0 Å². The van der Waals surface area contributed by atoms with E-state index in [4.69, 9.17) is 18.9 Å². The maximum atomic E-state index is 5.46. The predicted octanol–water partition coefficient (Wildman–Crippen LogP) is 2.23. The van der Waals surface area contributed by atoms with Crippen LogP contribution in [0.2, 0.25) is 0 Å². The maximum absolute atomic E-state index is 5.46. The summed E-state index contributed by atoms with van der Waals surface area (Å²) in [5.41, 5.74) is 0.962. The first-order chi connectivity index (χ1) is 8.83. The summed E-state index contributed by atoms with van der Waals surface area (Å²) >= 11 is 0. The molecular weight excluding hydrogens is 234 g/mol. The molecule has 0 unspecified atom stereocenters. The van der Waals surface area contributed by atoms with Crippen molar-refractivity contribution in [2.75, 3.05) is 31.9 Å². The average molecular weight is 253 g/mol. The van der Waals surface area contributed by atoms with E-state index < -0.39 is 0 Å². The van der Waals surface area contributed by atoms with Gasteiger partial charge in [-0.05, 0) is 26.0 Å². The zero-order valence-corrected chi connectivity index (χ0v) is 10.8. The Bertz CT molecular complexity index is 377. The largest absolute Gasteiger partial charge is 0.454 e. The molecule has 1 aromatic rings. The highest BCUT2D eigenvalue weighted by molar-refractivity contribution is 5.55. The van der Waals surface area contributed by atoms with Crippen molar-refractivity contribution in [2.45, 2.75) is 20.1 Å². The highest BCUT2D eigenvalue weighted by Gasteiger charge is 2.14. The van der Waals surface area contributed by atoms with Gasteiger partial charge in [0.25, 0.3) is 0 Å². The molecule has 0 fully saturated rings. The molecule has 5 heteroatoms. The summed E-state index contributed by atoms with van der Waals surface area (Å²) in [5, 5.41) is 3.26. The Labute approximate surface area is 107 Å². The van der Waals surface area contributed by atoms with Crippen LogP contribution in [0, 0.1) is 0 Å². The Morgan fingerprint density at radius 1 is 1.17 bits per heavy atom. The van der Waals surface area contributed by atoms with Crippen molar-refractivity contribution in [1.29, 1.82) is 0 Å². The number of hydrogen-bond acceptors (Lipinski definition) is 5. The first-order valence-corrected chi connectivity index (χ1v) is 6.20. The number of ether oxygens (including phenoxy) is 4. The number of fused-ring (bicyclic) bond motifs is 1. The number of hydrogen-bond donors (Lipinski definition) is 1. The maximum Gasteiger partial charge on any atom is 0.231 e. The van der Waals surface area contributed by atoms with Gasteiger partial charge in [-0.25, -0.2) is 0 Å². The standard InChI is InChI=1S/C13H19NO4/c1-3-15-13(16-4-2)8-14-10-5-6-11-12(7-10)18-9-17-11/h5-7,13-14H,3-4,8-9H2,1-2H3. The smallest absolute Gasteiger partial charge is 0.231 e. The molecule has 100 valence electrons. The van der Waals surface area contributed by atoms with Gasteiger partial charge in [0.1, 0.15) is 0 Å². The third-order valence-electron chi connectivity index (χ3n) is 2.55. The lowest BCUT2D eigenvalue weighted by molar-refractivity contribution is -0.126. The zero-order chi connectivity index (χ0) is 12.8. The molecule has 0 spiro atoms. The van der Waals surface area contributed by atoms with Crippen molar-refractivity contribution in [3.8, 4) is 11.5 Å². The molecule has 1 aliphatic heterocycles. The quantitative estimate of drug-likeness (QED) is 0.755. The second-order valence-corrected chi connectivity index (χ2v) is 3.79. The van der Waals surface area contributed by atoms with E-state index in [-0.39, 0.29) is 6.29 Å². The van der Waals surface area contributed by atoms with Crippen molar-refractivity contribution in [3.63, 3.8) is 0 Å². The van der Waals surface area contributed by atoms with E-state index in [0.717, 1.165) is 17.2 Å². The molecule has 5 nitrogen and oxygen atoms in total. The van der Waals surface area contributed by atoms with E-state index in [1.807, 2.05) is 32.0 Å². The van der Waals surface area contributed by atoms with E-state index >= 15 is 0 Å². The van der Waals surface area contributed by atoms with E-state index in [2.05, 4.69) is 5.32 Å². The van der Waals surface area contributed by atoms with Crippen LogP contribution in [0.4, 0.5) is 5.69 Å². The number of nitrogens with one attached hydrogen (secondary N) is 1. The van der Waals surface area contributed by atoms with Crippen LogP contribution in [0.3, 0.4) is 0 Å². The monoisotopic (exact) mass is 253 g/mol. The van der Waals surface area contributed by atoms with Crippen molar-refractivity contribution < 1.29 is 18.9 Å². The average Bonchev–Trinajstić information content (AvgIpc) is 2.84. The van der Waals surface area contributed by atoms with E-state index in [1.54, 1.807) is 0 Å². The minimum absolute atomic E-state index is 0.231. The van der Waals surface area contributed by atoms with Gasteiger partial charge in [-0.1, -0.05) is 0 Å². The Morgan fingerprint density at radius 3 is 2.61 bits per heavy atom. The van der Waals surface area contributed by atoms with Gasteiger partial charge in [0.2, 0.25) is 6.79 Å². The first kappa shape index (κ1) is 13.0. The zero-order valence-electron chi connectivity index (χ0n) is 10.8. The molecule has 0 saturated heterocycles. The molecule has 1 aliphatic rings. The molecule has 0 aliphatic carbocycles. The predicted molar refractivity (Wildman–Crippen MR) is 68.1 cm³/mol. The van der Waals surface area contributed by atoms with Crippen LogP contribution in [0.5, 0.6) is 11.5 Å². The fraction of sp³-hybridized carbons (Fsp3) is 0.538. The van der Waals surface area contributed by atoms with Crippen LogP contribution in [0.25, 0.3) is 0 Å². The lowest BCUT2D eigenvalue weighted by Crippen LogP contribution is -2.26. The molecular formula is C13H19NO4. The lowest BCUT2D eigenvalue weighted by atomic mass is 10.3. The Balaban J connectivity index is 1.88. The minimum Gasteiger partial charge on any atom is -0.454 e. The Kier molecular flexibility index (Phi) is 4.66. The highest BCUT2D eigenvalue weighted by Crippen LogP contribution is 2.34. The van der Waals surface area contributed by atoms with Gasteiger partial charge in [-0.3, -0.25) is 0 Å². The molecule has 1 heterocycles. The second kappa shape index (κ2) is 6.47. The third kappa shape index (κ3) is 3.27. The van der Waals surface area contributed by atoms with E-state index in [9.17, 15) is 0 Å². The normalized spacial score (nSPS) is 13.1. The van der Waals surface area contributed by atoms with E-state index in [1.165, 1.54) is 0 Å². The molecule has 0 aromatic heterocycles. The van der Waals surface area contributed by atoms with Gasteiger partial charge >= 0.3 is 0 Å². The molecule has 0 saturated carbocycles. The van der Waals surface area contributed by atoms with Gasteiger partial charge in [-0.15, -0.1) is 0 Å². The topological polar surface area (TPSA) is 49.0 Å². The van der Waals surface area contributed by atoms with Crippen molar-refractivity contribution in [3.05, 3.63) is 18.2 Å². The van der Waals surface area contributed by atoms with Crippen LogP contribution < -0.4 is 14.8 Å². The summed E-state index contributed by atoms with van der Waals surface area (Å²) in [5.74, 6) is 1.55. The summed E-state index contributed by atoms with van der Waals surface area (Å²) in [6.45, 7) is 6.06. The van der Waals surface area contributed by atoms with Gasteiger partial charge in [0.05, 0.1) is 6.54 Å². The van der Waals surface area contributed by atoms with Gasteiger partial charge in [0.15, 0.2) is 17.8 Å². The summed E-state index contributed by atoms with van der Waals surface area (Å²) in [4.78, 5) is 0. The molecule has 1 aromatic carbocycles. The molecule has 0 amide bonds. The van der Waals surface area contributed by atoms with Gasteiger partial charge in [-0.2, -0.15) is 0 Å². The summed E-state index contributed by atoms with van der Waals surface area (Å²) in [6, 6.07) is 5.75. The Hall–Kier alpha value is -1.46. The van der Waals surface area contributed by atoms with Crippen LogP contribution in [0.15, 0.2) is 18.2 Å². The van der Waals surface area contributed by atoms with Crippen molar-refractivity contribution >= 4 is 5.69 Å². The molecule has 0 atom stereocenters. The molecule has 18 heavy (non-hydrogen) atoms. The van der Waals surface area contributed by atoms with Crippen LogP contribution in [-0.4, -0.2) is 32.8 Å². The SMILES string of the molecule is CCOC(CNc1ccc2c(c1)OCO2)OCC. The third-order valence-corrected chi connectivity index (χ3v) is 2.55. The van der Waals surface area contributed by atoms with Crippen molar-refractivity contribution in [2.24, 2.45) is 0 Å². The molecule has 2 rings (SSSR count). The summed E-state index contributed by atoms with van der Waals surface area (Å²) < 4.78 is 21.5. The minimum atomic E-state index is -0.231. The summed E-state index contributed by atoms with van der Waals surface area (Å²) in [7, 11) is 0. The fourth-order valence-corrected chi connectivity index (χ4v) is 1.75. The number of rotatable bonds is 7. The van der Waals surface area contributed by atoms with Gasteiger partial charge in [0, 0.05) is 25.0 Å². The first-order valence-electron chi connectivity index (χ1n) is 6.20. The molecule has 1 N–H and O–H groups in total. The van der Waals surface area contributed by atoms with Crippen LogP contribution in [-0.2, 0) is 9.47 Å². The van der Waals surface area contributed by atoms with Crippen LogP contribution >= 0.6 is 0 Å². The lowest BCUT2D eigenvalue weighted by Gasteiger charge is -2.18. The Morgan fingerprint density at radius 2 is 1.89 bits per heavy atom. The fourth-order valence-electron chi connectivity index (χ4n) is 1.75. The van der Waals surface area contributed by atoms with E-state index in [0.29, 0.717) is 26.6 Å². The number of anilines is 1.